The molecule has 2 fully saturated rings. The predicted molar refractivity (Wildman–Crippen MR) is 115 cm³/mol. The van der Waals surface area contributed by atoms with Crippen molar-refractivity contribution in [2.45, 2.75) is 44.6 Å². The van der Waals surface area contributed by atoms with Crippen LogP contribution in [0.4, 0.5) is 0 Å². The Labute approximate surface area is 173 Å². The summed E-state index contributed by atoms with van der Waals surface area (Å²) >= 11 is 0. The summed E-state index contributed by atoms with van der Waals surface area (Å²) in [6.07, 6.45) is 6.24. The molecule has 1 atom stereocenters. The first-order chi connectivity index (χ1) is 14.2. The molecule has 1 aliphatic carbocycles. The molecule has 0 spiro atoms. The van der Waals surface area contributed by atoms with Crippen molar-refractivity contribution in [2.24, 2.45) is 10.9 Å². The molecule has 0 aromatic heterocycles. The van der Waals surface area contributed by atoms with Crippen molar-refractivity contribution in [1.29, 1.82) is 0 Å². The van der Waals surface area contributed by atoms with E-state index in [1.807, 2.05) is 35.2 Å². The van der Waals surface area contributed by atoms with Crippen molar-refractivity contribution in [3.05, 3.63) is 35.9 Å². The predicted octanol–water partition coefficient (Wildman–Crippen LogP) is 1.76. The summed E-state index contributed by atoms with van der Waals surface area (Å²) < 4.78 is 0. The molecule has 0 radical (unpaired) electrons. The van der Waals surface area contributed by atoms with Gasteiger partial charge in [-0.05, 0) is 37.8 Å². The van der Waals surface area contributed by atoms with Gasteiger partial charge < -0.3 is 20.9 Å². The van der Waals surface area contributed by atoms with Crippen LogP contribution in [0.5, 0.6) is 0 Å². The lowest BCUT2D eigenvalue weighted by Crippen LogP contribution is -2.46. The van der Waals surface area contributed by atoms with E-state index in [1.54, 1.807) is 7.05 Å². The molecule has 7 heteroatoms. The molecule has 1 aromatic rings. The van der Waals surface area contributed by atoms with Gasteiger partial charge in [-0.25, -0.2) is 0 Å². The standard InChI is InChI=1S/C22H33N5O2/c1-23-22(25-14-7-13-24-20(28)17-8-3-2-4-9-17)26-19-12-15-27(16-19)21(29)18-10-5-6-11-18/h2-4,8-9,18-19H,5-7,10-16H2,1H3,(H,24,28)(H2,23,25,26). The molecule has 1 unspecified atom stereocenters. The van der Waals surface area contributed by atoms with Crippen LogP contribution >= 0.6 is 0 Å². The quantitative estimate of drug-likeness (QED) is 0.371. The molecule has 1 saturated heterocycles. The van der Waals surface area contributed by atoms with Crippen LogP contribution in [0.2, 0.25) is 0 Å². The minimum absolute atomic E-state index is 0.0499. The number of hydrogen-bond acceptors (Lipinski definition) is 3. The average molecular weight is 400 g/mol. The van der Waals surface area contributed by atoms with E-state index in [4.69, 9.17) is 0 Å². The number of likely N-dealkylation sites (tertiary alicyclic amines) is 1. The van der Waals surface area contributed by atoms with E-state index in [1.165, 1.54) is 12.8 Å². The molecule has 158 valence electrons. The zero-order chi connectivity index (χ0) is 20.5. The van der Waals surface area contributed by atoms with Gasteiger partial charge in [0.2, 0.25) is 5.91 Å². The van der Waals surface area contributed by atoms with Gasteiger partial charge in [-0.3, -0.25) is 14.6 Å². The maximum atomic E-state index is 12.6. The van der Waals surface area contributed by atoms with Crippen LogP contribution in [0, 0.1) is 5.92 Å². The number of guanidine groups is 1. The lowest BCUT2D eigenvalue weighted by molar-refractivity contribution is -0.134. The number of benzene rings is 1. The Morgan fingerprint density at radius 2 is 1.79 bits per heavy atom. The molecular formula is C22H33N5O2. The van der Waals surface area contributed by atoms with E-state index in [0.29, 0.717) is 24.6 Å². The second-order valence-electron chi connectivity index (χ2n) is 7.87. The number of amides is 2. The Bertz CT molecular complexity index is 700. The minimum Gasteiger partial charge on any atom is -0.356 e. The highest BCUT2D eigenvalue weighted by atomic mass is 16.2. The average Bonchev–Trinajstić information content (AvgIpc) is 3.45. The SMILES string of the molecule is CN=C(NCCCNC(=O)c1ccccc1)NC1CCN(C(=O)C2CCCC2)C1. The zero-order valence-corrected chi connectivity index (χ0v) is 17.3. The maximum Gasteiger partial charge on any atom is 0.251 e. The summed E-state index contributed by atoms with van der Waals surface area (Å²) in [5, 5.41) is 9.64. The topological polar surface area (TPSA) is 85.8 Å². The number of rotatable bonds is 7. The monoisotopic (exact) mass is 399 g/mol. The van der Waals surface area contributed by atoms with E-state index in [-0.39, 0.29) is 17.9 Å². The number of carbonyl (C=O) groups excluding carboxylic acids is 2. The molecule has 2 amide bonds. The Balaban J connectivity index is 1.31. The molecule has 7 nitrogen and oxygen atoms in total. The van der Waals surface area contributed by atoms with Crippen LogP contribution in [-0.2, 0) is 4.79 Å². The largest absolute Gasteiger partial charge is 0.356 e. The molecule has 2 aliphatic rings. The van der Waals surface area contributed by atoms with Crippen molar-refractivity contribution in [3.8, 4) is 0 Å². The van der Waals surface area contributed by atoms with Crippen LogP contribution in [0.3, 0.4) is 0 Å². The van der Waals surface area contributed by atoms with Gasteiger partial charge in [-0.1, -0.05) is 31.0 Å². The van der Waals surface area contributed by atoms with Gasteiger partial charge in [0.15, 0.2) is 5.96 Å². The van der Waals surface area contributed by atoms with Crippen molar-refractivity contribution >= 4 is 17.8 Å². The lowest BCUT2D eigenvalue weighted by atomic mass is 10.1. The third kappa shape index (κ3) is 6.21. The summed E-state index contributed by atoms with van der Waals surface area (Å²) in [6.45, 7) is 2.90. The fraction of sp³-hybridized carbons (Fsp3) is 0.591. The first-order valence-electron chi connectivity index (χ1n) is 10.8. The number of aliphatic imine (C=N–C) groups is 1. The fourth-order valence-electron chi connectivity index (χ4n) is 4.09. The molecule has 1 aromatic carbocycles. The first kappa shape index (κ1) is 21.1. The zero-order valence-electron chi connectivity index (χ0n) is 17.3. The molecule has 0 bridgehead atoms. The van der Waals surface area contributed by atoms with Crippen molar-refractivity contribution < 1.29 is 9.59 Å². The van der Waals surface area contributed by atoms with Crippen molar-refractivity contribution in [3.63, 3.8) is 0 Å². The van der Waals surface area contributed by atoms with Crippen LogP contribution < -0.4 is 16.0 Å². The minimum atomic E-state index is -0.0499. The van der Waals surface area contributed by atoms with Crippen molar-refractivity contribution in [1.82, 2.24) is 20.9 Å². The molecule has 29 heavy (non-hydrogen) atoms. The Hall–Kier alpha value is -2.57. The number of carbonyl (C=O) groups is 2. The third-order valence-electron chi connectivity index (χ3n) is 5.74. The van der Waals surface area contributed by atoms with Gasteiger partial charge in [0.25, 0.3) is 5.91 Å². The molecule has 1 aliphatic heterocycles. The van der Waals surface area contributed by atoms with E-state index in [0.717, 1.165) is 44.7 Å². The van der Waals surface area contributed by atoms with Gasteiger partial charge in [-0.15, -0.1) is 0 Å². The van der Waals surface area contributed by atoms with Gasteiger partial charge in [0.05, 0.1) is 0 Å². The van der Waals surface area contributed by atoms with E-state index in [9.17, 15) is 9.59 Å². The first-order valence-corrected chi connectivity index (χ1v) is 10.8. The summed E-state index contributed by atoms with van der Waals surface area (Å²) in [5.74, 6) is 1.28. The van der Waals surface area contributed by atoms with E-state index < -0.39 is 0 Å². The summed E-state index contributed by atoms with van der Waals surface area (Å²) in [7, 11) is 1.75. The normalized spacial score (nSPS) is 20.0. The van der Waals surface area contributed by atoms with Gasteiger partial charge in [-0.2, -0.15) is 0 Å². The van der Waals surface area contributed by atoms with Gasteiger partial charge in [0, 0.05) is 50.7 Å². The summed E-state index contributed by atoms with van der Waals surface area (Å²) in [4.78, 5) is 30.9. The van der Waals surface area contributed by atoms with Crippen LogP contribution in [0.15, 0.2) is 35.3 Å². The molecule has 1 heterocycles. The van der Waals surface area contributed by atoms with Gasteiger partial charge in [0.1, 0.15) is 0 Å². The second-order valence-corrected chi connectivity index (χ2v) is 7.87. The maximum absolute atomic E-state index is 12.6. The second kappa shape index (κ2) is 10.8. The van der Waals surface area contributed by atoms with Crippen molar-refractivity contribution in [2.75, 3.05) is 33.2 Å². The Morgan fingerprint density at radius 3 is 2.52 bits per heavy atom. The molecule has 1 saturated carbocycles. The van der Waals surface area contributed by atoms with Crippen LogP contribution in [0.25, 0.3) is 0 Å². The summed E-state index contributed by atoms with van der Waals surface area (Å²) in [5.41, 5.74) is 0.677. The summed E-state index contributed by atoms with van der Waals surface area (Å²) in [6, 6.07) is 9.47. The highest BCUT2D eigenvalue weighted by Crippen LogP contribution is 2.27. The third-order valence-corrected chi connectivity index (χ3v) is 5.74. The van der Waals surface area contributed by atoms with Crippen LogP contribution in [0.1, 0.15) is 48.9 Å². The number of nitrogens with zero attached hydrogens (tertiary/aromatic N) is 2. The molecule has 3 N–H and O–H groups in total. The lowest BCUT2D eigenvalue weighted by Gasteiger charge is -2.21. The Morgan fingerprint density at radius 1 is 1.07 bits per heavy atom. The number of nitrogens with one attached hydrogen (secondary N) is 3. The van der Waals surface area contributed by atoms with Crippen LogP contribution in [-0.4, -0.2) is 61.9 Å². The molecule has 3 rings (SSSR count). The van der Waals surface area contributed by atoms with E-state index in [2.05, 4.69) is 20.9 Å². The van der Waals surface area contributed by atoms with Gasteiger partial charge >= 0.3 is 0 Å². The number of hydrogen-bond donors (Lipinski definition) is 3. The Kier molecular flexibility index (Phi) is 7.90. The smallest absolute Gasteiger partial charge is 0.251 e. The highest BCUT2D eigenvalue weighted by Gasteiger charge is 2.32. The van der Waals surface area contributed by atoms with E-state index >= 15 is 0 Å². The fourth-order valence-corrected chi connectivity index (χ4v) is 4.09. The molecular weight excluding hydrogens is 366 g/mol. The highest BCUT2D eigenvalue weighted by molar-refractivity contribution is 5.94.